The topological polar surface area (TPSA) is 140 Å². The van der Waals surface area contributed by atoms with Crippen LogP contribution in [0.15, 0.2) is 21.7 Å². The van der Waals surface area contributed by atoms with Gasteiger partial charge in [0.15, 0.2) is 11.5 Å². The summed E-state index contributed by atoms with van der Waals surface area (Å²) in [5.74, 6) is 0.437. The summed E-state index contributed by atoms with van der Waals surface area (Å²) in [6.07, 6.45) is 4.89. The van der Waals surface area contributed by atoms with Gasteiger partial charge in [-0.3, -0.25) is 23.9 Å². The summed E-state index contributed by atoms with van der Waals surface area (Å²) >= 11 is 0. The number of aromatic amines is 1. The average Bonchev–Trinajstić information content (AvgIpc) is 2.90. The fraction of sp³-hybridized carbons (Fsp3) is 0.600. The lowest BCUT2D eigenvalue weighted by Gasteiger charge is -2.48. The van der Waals surface area contributed by atoms with E-state index in [0.29, 0.717) is 54.8 Å². The number of fused-ring (bicyclic) bond motifs is 1. The SMILES string of the molecule is COc1cc2[nH]c(=O)n(CCCC(=O)N3CCC(C(N)=O)(N4CCCCC4)CC3)c(=O)c2cc1OC. The van der Waals surface area contributed by atoms with Gasteiger partial charge in [-0.1, -0.05) is 6.42 Å². The van der Waals surface area contributed by atoms with Crippen molar-refractivity contribution in [2.75, 3.05) is 40.4 Å². The highest BCUT2D eigenvalue weighted by Crippen LogP contribution is 2.32. The van der Waals surface area contributed by atoms with Gasteiger partial charge in [-0.15, -0.1) is 0 Å². The molecule has 2 fully saturated rings. The number of methoxy groups -OCH3 is 2. The smallest absolute Gasteiger partial charge is 0.328 e. The molecule has 0 unspecified atom stereocenters. The van der Waals surface area contributed by atoms with E-state index in [1.807, 2.05) is 0 Å². The Labute approximate surface area is 209 Å². The Morgan fingerprint density at radius 2 is 1.64 bits per heavy atom. The normalized spacial score (nSPS) is 18.2. The first-order valence-electron chi connectivity index (χ1n) is 12.5. The maximum absolute atomic E-state index is 13.0. The summed E-state index contributed by atoms with van der Waals surface area (Å²) in [5.41, 5.74) is 4.53. The lowest BCUT2D eigenvalue weighted by atomic mass is 9.83. The van der Waals surface area contributed by atoms with E-state index in [1.165, 1.54) is 26.7 Å². The number of aromatic nitrogens is 2. The van der Waals surface area contributed by atoms with Crippen molar-refractivity contribution < 1.29 is 19.1 Å². The molecule has 0 saturated carbocycles. The molecule has 2 saturated heterocycles. The number of nitrogens with one attached hydrogen (secondary N) is 1. The van der Waals surface area contributed by atoms with E-state index in [0.717, 1.165) is 30.5 Å². The minimum Gasteiger partial charge on any atom is -0.493 e. The van der Waals surface area contributed by atoms with Gasteiger partial charge in [-0.05, 0) is 51.3 Å². The number of nitrogens with zero attached hydrogens (tertiary/aromatic N) is 3. The molecule has 11 nitrogen and oxygen atoms in total. The number of H-pyrrole nitrogens is 1. The highest BCUT2D eigenvalue weighted by atomic mass is 16.5. The fourth-order valence-electron chi connectivity index (χ4n) is 5.50. The van der Waals surface area contributed by atoms with Crippen LogP contribution in [-0.2, 0) is 16.1 Å². The van der Waals surface area contributed by atoms with Crippen molar-refractivity contribution in [3.05, 3.63) is 33.0 Å². The summed E-state index contributed by atoms with van der Waals surface area (Å²) in [4.78, 5) is 57.5. The second-order valence-electron chi connectivity index (χ2n) is 9.57. The summed E-state index contributed by atoms with van der Waals surface area (Å²) in [6, 6.07) is 3.09. The number of primary amides is 1. The Balaban J connectivity index is 1.39. The van der Waals surface area contributed by atoms with E-state index in [1.54, 1.807) is 11.0 Å². The zero-order chi connectivity index (χ0) is 25.9. The van der Waals surface area contributed by atoms with Crippen LogP contribution in [0.1, 0.15) is 44.9 Å². The molecule has 36 heavy (non-hydrogen) atoms. The van der Waals surface area contributed by atoms with Crippen LogP contribution in [-0.4, -0.2) is 77.1 Å². The third kappa shape index (κ3) is 4.84. The Bertz CT molecular complexity index is 1240. The van der Waals surface area contributed by atoms with E-state index in [4.69, 9.17) is 15.2 Å². The minimum atomic E-state index is -0.674. The zero-order valence-electron chi connectivity index (χ0n) is 21.0. The molecule has 2 aromatic rings. The van der Waals surface area contributed by atoms with Crippen LogP contribution in [0.4, 0.5) is 0 Å². The van der Waals surface area contributed by atoms with E-state index < -0.39 is 16.8 Å². The van der Waals surface area contributed by atoms with Crippen molar-refractivity contribution in [3.63, 3.8) is 0 Å². The molecule has 196 valence electrons. The van der Waals surface area contributed by atoms with Crippen molar-refractivity contribution in [1.29, 1.82) is 0 Å². The van der Waals surface area contributed by atoms with Crippen LogP contribution in [0, 0.1) is 0 Å². The number of likely N-dealkylation sites (tertiary alicyclic amines) is 2. The molecule has 0 aliphatic carbocycles. The fourth-order valence-corrected chi connectivity index (χ4v) is 5.50. The van der Waals surface area contributed by atoms with Gasteiger partial charge in [-0.25, -0.2) is 4.79 Å². The number of carbonyl (C=O) groups is 2. The predicted molar refractivity (Wildman–Crippen MR) is 134 cm³/mol. The van der Waals surface area contributed by atoms with E-state index in [2.05, 4.69) is 9.88 Å². The zero-order valence-corrected chi connectivity index (χ0v) is 21.0. The Hall–Kier alpha value is -3.34. The quantitative estimate of drug-likeness (QED) is 0.546. The van der Waals surface area contributed by atoms with Gasteiger partial charge in [0.2, 0.25) is 11.8 Å². The van der Waals surface area contributed by atoms with Crippen molar-refractivity contribution in [3.8, 4) is 11.5 Å². The van der Waals surface area contributed by atoms with Gasteiger partial charge in [0.05, 0.1) is 25.1 Å². The van der Waals surface area contributed by atoms with Crippen LogP contribution >= 0.6 is 0 Å². The molecule has 2 amide bonds. The molecule has 3 N–H and O–H groups in total. The lowest BCUT2D eigenvalue weighted by molar-refractivity contribution is -0.142. The molecule has 3 heterocycles. The molecule has 4 rings (SSSR count). The maximum atomic E-state index is 13.0. The van der Waals surface area contributed by atoms with E-state index in [-0.39, 0.29) is 24.8 Å². The molecular weight excluding hydrogens is 466 g/mol. The summed E-state index contributed by atoms with van der Waals surface area (Å²) < 4.78 is 11.6. The van der Waals surface area contributed by atoms with Crippen LogP contribution in [0.25, 0.3) is 10.9 Å². The van der Waals surface area contributed by atoms with Crippen molar-refractivity contribution in [2.24, 2.45) is 5.73 Å². The molecule has 11 heteroatoms. The van der Waals surface area contributed by atoms with E-state index >= 15 is 0 Å². The summed E-state index contributed by atoms with van der Waals surface area (Å²) in [7, 11) is 2.95. The minimum absolute atomic E-state index is 0.0524. The average molecular weight is 502 g/mol. The number of hydrogen-bond donors (Lipinski definition) is 2. The predicted octanol–water partition coefficient (Wildman–Crippen LogP) is 0.820. The first-order chi connectivity index (χ1) is 17.3. The van der Waals surface area contributed by atoms with Gasteiger partial charge in [0, 0.05) is 32.1 Å². The third-order valence-corrected chi connectivity index (χ3v) is 7.62. The Morgan fingerprint density at radius 1 is 1.00 bits per heavy atom. The lowest BCUT2D eigenvalue weighted by Crippen LogP contribution is -2.63. The number of rotatable bonds is 8. The maximum Gasteiger partial charge on any atom is 0.328 e. The van der Waals surface area contributed by atoms with Gasteiger partial charge < -0.3 is 25.1 Å². The Kier molecular flexibility index (Phi) is 7.67. The Morgan fingerprint density at radius 3 is 2.25 bits per heavy atom. The first-order valence-corrected chi connectivity index (χ1v) is 12.5. The molecule has 1 aromatic carbocycles. The number of hydrogen-bond acceptors (Lipinski definition) is 7. The highest BCUT2D eigenvalue weighted by molar-refractivity contribution is 5.85. The molecule has 0 radical (unpaired) electrons. The molecule has 0 spiro atoms. The summed E-state index contributed by atoms with van der Waals surface area (Å²) in [5, 5.41) is 0.301. The number of carbonyl (C=O) groups excluding carboxylic acids is 2. The monoisotopic (exact) mass is 501 g/mol. The third-order valence-electron chi connectivity index (χ3n) is 7.62. The van der Waals surface area contributed by atoms with Crippen LogP contribution < -0.4 is 26.5 Å². The highest BCUT2D eigenvalue weighted by Gasteiger charge is 2.45. The van der Waals surface area contributed by atoms with Gasteiger partial charge in [0.25, 0.3) is 5.56 Å². The first kappa shape index (κ1) is 25.7. The van der Waals surface area contributed by atoms with Gasteiger partial charge >= 0.3 is 5.69 Å². The molecule has 2 aliphatic heterocycles. The molecule has 0 atom stereocenters. The number of amides is 2. The molecule has 1 aromatic heterocycles. The number of piperidine rings is 2. The molecule has 2 aliphatic rings. The van der Waals surface area contributed by atoms with Gasteiger partial charge in [-0.2, -0.15) is 0 Å². The second-order valence-corrected chi connectivity index (χ2v) is 9.57. The van der Waals surface area contributed by atoms with Crippen molar-refractivity contribution in [1.82, 2.24) is 19.4 Å². The molecular formula is C25H35N5O6. The number of benzene rings is 1. The van der Waals surface area contributed by atoms with Gasteiger partial charge in [0.1, 0.15) is 5.54 Å². The van der Waals surface area contributed by atoms with E-state index in [9.17, 15) is 19.2 Å². The number of nitrogens with two attached hydrogens (primary N) is 1. The van der Waals surface area contributed by atoms with Crippen molar-refractivity contribution >= 4 is 22.7 Å². The van der Waals surface area contributed by atoms with Crippen LogP contribution in [0.3, 0.4) is 0 Å². The van der Waals surface area contributed by atoms with Crippen LogP contribution in [0.2, 0.25) is 0 Å². The van der Waals surface area contributed by atoms with Crippen LogP contribution in [0.5, 0.6) is 11.5 Å². The summed E-state index contributed by atoms with van der Waals surface area (Å²) in [6.45, 7) is 2.78. The second kappa shape index (κ2) is 10.7. The largest absolute Gasteiger partial charge is 0.493 e. The molecule has 0 bridgehead atoms. The standard InChI is InChI=1S/C25H35N5O6/c1-35-19-15-17-18(16-20(19)36-2)27-24(34)30(22(17)32)12-6-7-21(31)28-13-8-25(9-14-28,23(26)33)29-10-4-3-5-11-29/h15-16H,3-14H2,1-2H3,(H2,26,33)(H,27,34). The van der Waals surface area contributed by atoms with Crippen molar-refractivity contribution in [2.45, 2.75) is 57.0 Å². The number of ether oxygens (including phenoxy) is 2.